The van der Waals surface area contributed by atoms with Crippen molar-refractivity contribution < 1.29 is 22.6 Å². The smallest absolute Gasteiger partial charge is 0.411 e. The minimum Gasteiger partial charge on any atom is -0.493 e. The molecule has 1 N–H and O–H groups in total. The van der Waals surface area contributed by atoms with Gasteiger partial charge in [0.1, 0.15) is 12.4 Å². The van der Waals surface area contributed by atoms with Crippen LogP contribution in [0.5, 0.6) is 5.75 Å². The maximum absolute atomic E-state index is 12.0. The first-order valence-corrected chi connectivity index (χ1v) is 6.57. The first kappa shape index (κ1) is 15.1. The Morgan fingerprint density at radius 3 is 2.90 bits per heavy atom. The highest BCUT2D eigenvalue weighted by molar-refractivity contribution is 5.40. The Hall–Kier alpha value is -1.27. The van der Waals surface area contributed by atoms with Crippen LogP contribution in [0.3, 0.4) is 0 Å². The van der Waals surface area contributed by atoms with Crippen LogP contribution >= 0.6 is 0 Å². The van der Waals surface area contributed by atoms with Crippen LogP contribution in [0.2, 0.25) is 0 Å². The Bertz CT molecular complexity index is 449. The molecule has 0 spiro atoms. The third kappa shape index (κ3) is 4.11. The van der Waals surface area contributed by atoms with Gasteiger partial charge in [0, 0.05) is 19.1 Å². The molecule has 0 saturated heterocycles. The zero-order valence-electron chi connectivity index (χ0n) is 11.3. The molecule has 0 amide bonds. The molecule has 1 heterocycles. The van der Waals surface area contributed by atoms with Gasteiger partial charge in [-0.2, -0.15) is 13.2 Å². The Morgan fingerprint density at radius 2 is 2.20 bits per heavy atom. The van der Waals surface area contributed by atoms with Crippen LogP contribution in [0.1, 0.15) is 23.6 Å². The van der Waals surface area contributed by atoms with Crippen molar-refractivity contribution in [2.45, 2.75) is 25.1 Å². The molecular formula is C14H18F3NO2. The highest BCUT2D eigenvalue weighted by Gasteiger charge is 2.27. The second-order valence-electron chi connectivity index (χ2n) is 4.76. The second-order valence-corrected chi connectivity index (χ2v) is 4.76. The first-order valence-electron chi connectivity index (χ1n) is 6.57. The minimum absolute atomic E-state index is 0.0193. The monoisotopic (exact) mass is 289 g/mol. The van der Waals surface area contributed by atoms with E-state index in [0.717, 1.165) is 23.3 Å². The number of halogens is 3. The SMILES string of the molecule is CNC(CCOCC(F)(F)F)c1ccc2c(c1)CCO2. The quantitative estimate of drug-likeness (QED) is 0.817. The van der Waals surface area contributed by atoms with Gasteiger partial charge in [0.25, 0.3) is 0 Å². The van der Waals surface area contributed by atoms with Crippen LogP contribution in [-0.4, -0.2) is 33.0 Å². The second kappa shape index (κ2) is 6.45. The van der Waals surface area contributed by atoms with Crippen LogP contribution in [0.4, 0.5) is 13.2 Å². The summed E-state index contributed by atoms with van der Waals surface area (Å²) in [6.45, 7) is -0.433. The average Bonchev–Trinajstić information content (AvgIpc) is 2.84. The third-order valence-corrected chi connectivity index (χ3v) is 3.28. The summed E-state index contributed by atoms with van der Waals surface area (Å²) >= 11 is 0. The first-order chi connectivity index (χ1) is 9.49. The Kier molecular flexibility index (Phi) is 4.88. The van der Waals surface area contributed by atoms with E-state index in [0.29, 0.717) is 13.0 Å². The fourth-order valence-corrected chi connectivity index (χ4v) is 2.29. The molecule has 1 aliphatic rings. The largest absolute Gasteiger partial charge is 0.493 e. The van der Waals surface area contributed by atoms with Gasteiger partial charge in [-0.25, -0.2) is 0 Å². The number of ether oxygens (including phenoxy) is 2. The van der Waals surface area contributed by atoms with Gasteiger partial charge in [0.05, 0.1) is 6.61 Å². The van der Waals surface area contributed by atoms with Crippen molar-refractivity contribution in [3.05, 3.63) is 29.3 Å². The Labute approximate surface area is 116 Å². The molecular weight excluding hydrogens is 271 g/mol. The number of alkyl halides is 3. The summed E-state index contributed by atoms with van der Waals surface area (Å²) in [5.74, 6) is 0.900. The van der Waals surface area contributed by atoms with E-state index in [1.807, 2.05) is 18.2 Å². The molecule has 1 aromatic rings. The maximum atomic E-state index is 12.0. The van der Waals surface area contributed by atoms with Gasteiger partial charge in [-0.3, -0.25) is 0 Å². The zero-order valence-corrected chi connectivity index (χ0v) is 11.3. The molecule has 3 nitrogen and oxygen atoms in total. The zero-order chi connectivity index (χ0) is 14.6. The summed E-state index contributed by atoms with van der Waals surface area (Å²) < 4.78 is 46.0. The van der Waals surface area contributed by atoms with Crippen LogP contribution in [0.25, 0.3) is 0 Å². The predicted molar refractivity (Wildman–Crippen MR) is 68.9 cm³/mol. The van der Waals surface area contributed by atoms with Crippen molar-refractivity contribution in [1.82, 2.24) is 5.32 Å². The summed E-state index contributed by atoms with van der Waals surface area (Å²) in [5, 5.41) is 3.11. The molecule has 6 heteroatoms. The predicted octanol–water partition coefficient (Wildman–Crippen LogP) is 2.85. The maximum Gasteiger partial charge on any atom is 0.411 e. The van der Waals surface area contributed by atoms with E-state index in [2.05, 4.69) is 10.1 Å². The van der Waals surface area contributed by atoms with Gasteiger partial charge in [-0.15, -0.1) is 0 Å². The van der Waals surface area contributed by atoms with Crippen molar-refractivity contribution >= 4 is 0 Å². The lowest BCUT2D eigenvalue weighted by molar-refractivity contribution is -0.174. The third-order valence-electron chi connectivity index (χ3n) is 3.28. The number of hydrogen-bond acceptors (Lipinski definition) is 3. The lowest BCUT2D eigenvalue weighted by Crippen LogP contribution is -2.21. The topological polar surface area (TPSA) is 30.5 Å². The number of nitrogens with one attached hydrogen (secondary N) is 1. The number of fused-ring (bicyclic) bond motifs is 1. The summed E-state index contributed by atoms with van der Waals surface area (Å²) in [6, 6.07) is 5.88. The molecule has 0 saturated carbocycles. The van der Waals surface area contributed by atoms with E-state index < -0.39 is 12.8 Å². The number of benzene rings is 1. The molecule has 20 heavy (non-hydrogen) atoms. The van der Waals surface area contributed by atoms with Crippen molar-refractivity contribution in [2.75, 3.05) is 26.9 Å². The molecule has 1 unspecified atom stereocenters. The van der Waals surface area contributed by atoms with Gasteiger partial charge in [0.2, 0.25) is 0 Å². The molecule has 0 fully saturated rings. The number of hydrogen-bond donors (Lipinski definition) is 1. The minimum atomic E-state index is -4.26. The standard InChI is InChI=1S/C14H18F3NO2/c1-18-12(5-6-19-9-14(15,16)17)10-2-3-13-11(8-10)4-7-20-13/h2-3,8,12,18H,4-7,9H2,1H3. The normalized spacial score (nSPS) is 15.8. The summed E-state index contributed by atoms with van der Waals surface area (Å²) in [7, 11) is 1.79. The fraction of sp³-hybridized carbons (Fsp3) is 0.571. The van der Waals surface area contributed by atoms with Gasteiger partial charge in [-0.1, -0.05) is 12.1 Å². The van der Waals surface area contributed by atoms with Gasteiger partial charge < -0.3 is 14.8 Å². The molecule has 0 aliphatic carbocycles. The molecule has 1 atom stereocenters. The van der Waals surface area contributed by atoms with Crippen molar-refractivity contribution in [3.63, 3.8) is 0 Å². The highest BCUT2D eigenvalue weighted by atomic mass is 19.4. The van der Waals surface area contributed by atoms with Crippen molar-refractivity contribution in [2.24, 2.45) is 0 Å². The summed E-state index contributed by atoms with van der Waals surface area (Å²) in [5.41, 5.74) is 2.20. The summed E-state index contributed by atoms with van der Waals surface area (Å²) in [6.07, 6.45) is -2.89. The van der Waals surface area contributed by atoms with E-state index >= 15 is 0 Å². The van der Waals surface area contributed by atoms with E-state index in [-0.39, 0.29) is 12.6 Å². The van der Waals surface area contributed by atoms with E-state index in [9.17, 15) is 13.2 Å². The van der Waals surface area contributed by atoms with E-state index in [1.54, 1.807) is 7.05 Å². The number of rotatable bonds is 6. The van der Waals surface area contributed by atoms with E-state index in [1.165, 1.54) is 0 Å². The Balaban J connectivity index is 1.88. The fourth-order valence-electron chi connectivity index (χ4n) is 2.29. The lowest BCUT2D eigenvalue weighted by Gasteiger charge is -2.18. The van der Waals surface area contributed by atoms with Gasteiger partial charge in [0.15, 0.2) is 0 Å². The lowest BCUT2D eigenvalue weighted by atomic mass is 10.0. The molecule has 1 aliphatic heterocycles. The van der Waals surface area contributed by atoms with Crippen LogP contribution < -0.4 is 10.1 Å². The van der Waals surface area contributed by atoms with Gasteiger partial charge >= 0.3 is 6.18 Å². The molecule has 0 radical (unpaired) electrons. The average molecular weight is 289 g/mol. The highest BCUT2D eigenvalue weighted by Crippen LogP contribution is 2.29. The Morgan fingerprint density at radius 1 is 1.40 bits per heavy atom. The molecule has 112 valence electrons. The van der Waals surface area contributed by atoms with Crippen LogP contribution in [0.15, 0.2) is 18.2 Å². The van der Waals surface area contributed by atoms with Crippen molar-refractivity contribution in [1.29, 1.82) is 0 Å². The molecule has 0 bridgehead atoms. The van der Waals surface area contributed by atoms with Crippen LogP contribution in [-0.2, 0) is 11.2 Å². The van der Waals surface area contributed by atoms with E-state index in [4.69, 9.17) is 4.74 Å². The molecule has 0 aromatic heterocycles. The van der Waals surface area contributed by atoms with Gasteiger partial charge in [-0.05, 0) is 30.7 Å². The molecule has 2 rings (SSSR count). The van der Waals surface area contributed by atoms with Crippen LogP contribution in [0, 0.1) is 0 Å². The van der Waals surface area contributed by atoms with Crippen molar-refractivity contribution in [3.8, 4) is 5.75 Å². The summed E-state index contributed by atoms with van der Waals surface area (Å²) in [4.78, 5) is 0. The molecule has 1 aromatic carbocycles.